The summed E-state index contributed by atoms with van der Waals surface area (Å²) < 4.78 is 45.7. The van der Waals surface area contributed by atoms with E-state index in [1.165, 1.54) is 0 Å². The topological polar surface area (TPSA) is 58.6 Å². The Bertz CT molecular complexity index is 895. The van der Waals surface area contributed by atoms with Gasteiger partial charge in [0.05, 0.1) is 28.1 Å². The minimum Gasteiger partial charge on any atom is -0.490 e. The highest BCUT2D eigenvalue weighted by Crippen LogP contribution is 2.37. The van der Waals surface area contributed by atoms with E-state index in [0.29, 0.717) is 31.9 Å². The Labute approximate surface area is 164 Å². The van der Waals surface area contributed by atoms with Crippen molar-refractivity contribution < 1.29 is 17.5 Å². The summed E-state index contributed by atoms with van der Waals surface area (Å²) in [4.78, 5) is 2.45. The molecule has 1 fully saturated rings. The minimum absolute atomic E-state index is 0. The smallest absolute Gasteiger partial charge is 0.206 e. The molecule has 2 unspecified atom stereocenters. The largest absolute Gasteiger partial charge is 0.490 e. The molecule has 2 aromatic rings. The van der Waals surface area contributed by atoms with Crippen LogP contribution in [0.4, 0.5) is 10.1 Å². The molecular formula is C19H22ClFN2O3S. The van der Waals surface area contributed by atoms with Crippen LogP contribution in [0.2, 0.25) is 0 Å². The lowest BCUT2D eigenvalue weighted by Crippen LogP contribution is -2.53. The molecule has 8 heteroatoms. The Morgan fingerprint density at radius 2 is 1.89 bits per heavy atom. The molecule has 0 aliphatic carbocycles. The van der Waals surface area contributed by atoms with E-state index in [1.54, 1.807) is 48.5 Å². The average Bonchev–Trinajstić information content (AvgIpc) is 2.68. The van der Waals surface area contributed by atoms with Gasteiger partial charge < -0.3 is 15.0 Å². The predicted octanol–water partition coefficient (Wildman–Crippen LogP) is 2.84. The van der Waals surface area contributed by atoms with E-state index < -0.39 is 16.0 Å². The molecule has 2 aliphatic rings. The zero-order valence-corrected chi connectivity index (χ0v) is 16.3. The van der Waals surface area contributed by atoms with Crippen LogP contribution in [0.5, 0.6) is 5.75 Å². The number of hydrogen-bond acceptors (Lipinski definition) is 5. The summed E-state index contributed by atoms with van der Waals surface area (Å²) in [6, 6.07) is 13.0. The Balaban J connectivity index is 0.00000210. The summed E-state index contributed by atoms with van der Waals surface area (Å²) in [5.74, 6) is 0.499. The molecule has 27 heavy (non-hydrogen) atoms. The van der Waals surface area contributed by atoms with Gasteiger partial charge in [0.1, 0.15) is 18.5 Å². The van der Waals surface area contributed by atoms with E-state index in [1.807, 2.05) is 4.90 Å². The number of piperidine rings is 1. The van der Waals surface area contributed by atoms with E-state index in [9.17, 15) is 12.8 Å². The van der Waals surface area contributed by atoms with Gasteiger partial charge in [0.25, 0.3) is 0 Å². The molecule has 5 nitrogen and oxygen atoms in total. The Kier molecular flexibility index (Phi) is 5.93. The minimum atomic E-state index is -3.61. The SMILES string of the molecule is Cl.O=S(=O)(c1ccccc1)c1ccc2c(c1)OCCN2C1CCNCC1F. The van der Waals surface area contributed by atoms with Crippen molar-refractivity contribution in [2.45, 2.75) is 28.4 Å². The Hall–Kier alpha value is -1.83. The summed E-state index contributed by atoms with van der Waals surface area (Å²) in [6.45, 7) is 2.14. The molecule has 146 valence electrons. The van der Waals surface area contributed by atoms with Gasteiger partial charge in [-0.1, -0.05) is 18.2 Å². The van der Waals surface area contributed by atoms with Gasteiger partial charge in [-0.15, -0.1) is 12.4 Å². The monoisotopic (exact) mass is 412 g/mol. The quantitative estimate of drug-likeness (QED) is 0.840. The number of hydrogen-bond donors (Lipinski definition) is 1. The molecule has 4 rings (SSSR count). The van der Waals surface area contributed by atoms with Crippen LogP contribution in [-0.2, 0) is 9.84 Å². The van der Waals surface area contributed by atoms with Gasteiger partial charge in [0.15, 0.2) is 0 Å². The molecule has 0 aromatic heterocycles. The van der Waals surface area contributed by atoms with E-state index in [-0.39, 0.29) is 28.2 Å². The first kappa shape index (κ1) is 19.9. The number of benzene rings is 2. The zero-order chi connectivity index (χ0) is 18.1. The number of nitrogens with one attached hydrogen (secondary N) is 1. The maximum atomic E-state index is 14.4. The van der Waals surface area contributed by atoms with Crippen molar-refractivity contribution in [2.75, 3.05) is 31.1 Å². The molecule has 0 radical (unpaired) electrons. The van der Waals surface area contributed by atoms with Crippen LogP contribution >= 0.6 is 12.4 Å². The first-order valence-corrected chi connectivity index (χ1v) is 10.2. The van der Waals surface area contributed by atoms with E-state index >= 15 is 0 Å². The average molecular weight is 413 g/mol. The number of anilines is 1. The van der Waals surface area contributed by atoms with Crippen LogP contribution in [0, 0.1) is 0 Å². The summed E-state index contributed by atoms with van der Waals surface area (Å²) in [6.07, 6.45) is -0.243. The van der Waals surface area contributed by atoms with Crippen LogP contribution in [0.3, 0.4) is 0 Å². The van der Waals surface area contributed by atoms with Gasteiger partial charge in [-0.2, -0.15) is 0 Å². The lowest BCUT2D eigenvalue weighted by molar-refractivity contribution is 0.208. The Morgan fingerprint density at radius 3 is 2.63 bits per heavy atom. The molecule has 1 N–H and O–H groups in total. The molecule has 2 aromatic carbocycles. The normalized spacial score (nSPS) is 22.3. The van der Waals surface area contributed by atoms with Crippen molar-refractivity contribution in [2.24, 2.45) is 0 Å². The third-order valence-electron chi connectivity index (χ3n) is 4.97. The number of halogens is 2. The molecule has 2 aliphatic heterocycles. The number of ether oxygens (including phenoxy) is 1. The van der Waals surface area contributed by atoms with Crippen molar-refractivity contribution in [3.63, 3.8) is 0 Å². The van der Waals surface area contributed by atoms with Crippen molar-refractivity contribution >= 4 is 27.9 Å². The first-order chi connectivity index (χ1) is 12.6. The highest BCUT2D eigenvalue weighted by atomic mass is 35.5. The first-order valence-electron chi connectivity index (χ1n) is 8.76. The summed E-state index contributed by atoms with van der Waals surface area (Å²) >= 11 is 0. The van der Waals surface area contributed by atoms with Crippen LogP contribution in [0.1, 0.15) is 6.42 Å². The van der Waals surface area contributed by atoms with Crippen LogP contribution in [0.15, 0.2) is 58.3 Å². The fourth-order valence-electron chi connectivity index (χ4n) is 3.63. The van der Waals surface area contributed by atoms with Crippen LogP contribution in [0.25, 0.3) is 0 Å². The lowest BCUT2D eigenvalue weighted by atomic mass is 10.0. The van der Waals surface area contributed by atoms with E-state index in [0.717, 1.165) is 12.2 Å². The predicted molar refractivity (Wildman–Crippen MR) is 105 cm³/mol. The third kappa shape index (κ3) is 3.77. The van der Waals surface area contributed by atoms with Gasteiger partial charge in [0.2, 0.25) is 9.84 Å². The number of rotatable bonds is 3. The fraction of sp³-hybridized carbons (Fsp3) is 0.368. The molecular weight excluding hydrogens is 391 g/mol. The highest BCUT2D eigenvalue weighted by molar-refractivity contribution is 7.91. The summed E-state index contributed by atoms with van der Waals surface area (Å²) in [5.41, 5.74) is 0.762. The molecule has 0 spiro atoms. The molecule has 0 amide bonds. The van der Waals surface area contributed by atoms with E-state index in [4.69, 9.17) is 4.74 Å². The fourth-order valence-corrected chi connectivity index (χ4v) is 4.92. The molecule has 1 saturated heterocycles. The lowest BCUT2D eigenvalue weighted by Gasteiger charge is -2.41. The molecule has 2 heterocycles. The number of sulfone groups is 1. The van der Waals surface area contributed by atoms with Crippen molar-refractivity contribution in [3.05, 3.63) is 48.5 Å². The van der Waals surface area contributed by atoms with Gasteiger partial charge in [0, 0.05) is 12.6 Å². The molecule has 2 atom stereocenters. The summed E-state index contributed by atoms with van der Waals surface area (Å²) in [7, 11) is -3.61. The second-order valence-electron chi connectivity index (χ2n) is 6.56. The molecule has 0 bridgehead atoms. The van der Waals surface area contributed by atoms with Crippen molar-refractivity contribution in [1.29, 1.82) is 0 Å². The van der Waals surface area contributed by atoms with Gasteiger partial charge in [-0.25, -0.2) is 12.8 Å². The van der Waals surface area contributed by atoms with Crippen molar-refractivity contribution in [3.8, 4) is 5.75 Å². The standard InChI is InChI=1S/C19H21FN2O3S.ClH/c20-16-13-21-9-8-17(16)22-10-11-25-19-12-15(6-7-18(19)22)26(23,24)14-4-2-1-3-5-14;/h1-7,12,16-17,21H,8-11,13H2;1H. The maximum absolute atomic E-state index is 14.4. The number of nitrogens with zero attached hydrogens (tertiary/aromatic N) is 1. The van der Waals surface area contributed by atoms with Gasteiger partial charge >= 0.3 is 0 Å². The van der Waals surface area contributed by atoms with E-state index in [2.05, 4.69) is 5.32 Å². The maximum Gasteiger partial charge on any atom is 0.206 e. The van der Waals surface area contributed by atoms with Crippen LogP contribution in [-0.4, -0.2) is 46.9 Å². The Morgan fingerprint density at radius 1 is 1.11 bits per heavy atom. The van der Waals surface area contributed by atoms with Crippen molar-refractivity contribution in [1.82, 2.24) is 5.32 Å². The summed E-state index contributed by atoms with van der Waals surface area (Å²) in [5, 5.41) is 3.06. The highest BCUT2D eigenvalue weighted by Gasteiger charge is 2.33. The molecule has 0 saturated carbocycles. The third-order valence-corrected chi connectivity index (χ3v) is 6.74. The second kappa shape index (κ2) is 8.04. The number of alkyl halides is 1. The zero-order valence-electron chi connectivity index (χ0n) is 14.7. The second-order valence-corrected chi connectivity index (χ2v) is 8.51. The van der Waals surface area contributed by atoms with Crippen LogP contribution < -0.4 is 15.0 Å². The van der Waals surface area contributed by atoms with Gasteiger partial charge in [-0.05, 0) is 37.2 Å². The number of fused-ring (bicyclic) bond motifs is 1. The van der Waals surface area contributed by atoms with Gasteiger partial charge in [-0.3, -0.25) is 0 Å².